The minimum absolute atomic E-state index is 0.0286. The highest BCUT2D eigenvalue weighted by atomic mass is 32.2. The number of carbonyl (C=O) groups excluding carboxylic acids is 1. The first-order valence-electron chi connectivity index (χ1n) is 9.97. The third kappa shape index (κ3) is 5.44. The van der Waals surface area contributed by atoms with Crippen molar-refractivity contribution in [2.75, 3.05) is 11.8 Å². The molecule has 1 amide bonds. The van der Waals surface area contributed by atoms with Crippen molar-refractivity contribution in [1.82, 2.24) is 5.32 Å². The van der Waals surface area contributed by atoms with Crippen LogP contribution >= 0.6 is 0 Å². The molecule has 0 radical (unpaired) electrons. The Morgan fingerprint density at radius 3 is 2.35 bits per heavy atom. The SMILES string of the molecule is CCC(NC(=O)c1cccc(S(=O)(=O)Nc2ccccc2C)c1)c1ccc(OC)cc1. The molecule has 1 unspecified atom stereocenters. The summed E-state index contributed by atoms with van der Waals surface area (Å²) in [7, 11) is -2.23. The van der Waals surface area contributed by atoms with Crippen LogP contribution in [-0.2, 0) is 10.0 Å². The molecule has 0 aromatic heterocycles. The molecular weight excluding hydrogens is 412 g/mol. The summed E-state index contributed by atoms with van der Waals surface area (Å²) in [6.45, 7) is 3.80. The molecule has 3 aromatic rings. The second kappa shape index (κ2) is 9.66. The summed E-state index contributed by atoms with van der Waals surface area (Å²) in [5.41, 5.74) is 2.54. The van der Waals surface area contributed by atoms with Crippen LogP contribution < -0.4 is 14.8 Å². The fourth-order valence-electron chi connectivity index (χ4n) is 3.19. The Balaban J connectivity index is 1.79. The molecule has 0 saturated carbocycles. The molecule has 0 bridgehead atoms. The normalized spacial score (nSPS) is 12.1. The molecule has 7 heteroatoms. The van der Waals surface area contributed by atoms with Gasteiger partial charge in [0.25, 0.3) is 15.9 Å². The maximum atomic E-state index is 12.9. The van der Waals surface area contributed by atoms with Gasteiger partial charge in [-0.2, -0.15) is 0 Å². The minimum Gasteiger partial charge on any atom is -0.497 e. The third-order valence-corrected chi connectivity index (χ3v) is 6.39. The van der Waals surface area contributed by atoms with Crippen LogP contribution in [-0.4, -0.2) is 21.4 Å². The van der Waals surface area contributed by atoms with E-state index in [4.69, 9.17) is 4.74 Å². The molecule has 6 nitrogen and oxygen atoms in total. The van der Waals surface area contributed by atoms with Gasteiger partial charge < -0.3 is 10.1 Å². The highest BCUT2D eigenvalue weighted by Crippen LogP contribution is 2.22. The van der Waals surface area contributed by atoms with E-state index in [1.807, 2.05) is 50.2 Å². The highest BCUT2D eigenvalue weighted by molar-refractivity contribution is 7.92. The zero-order chi connectivity index (χ0) is 22.4. The van der Waals surface area contributed by atoms with Crippen LogP contribution in [0, 0.1) is 6.92 Å². The number of para-hydroxylation sites is 1. The lowest BCUT2D eigenvalue weighted by molar-refractivity contribution is 0.0935. The number of nitrogens with one attached hydrogen (secondary N) is 2. The number of anilines is 1. The van der Waals surface area contributed by atoms with E-state index < -0.39 is 10.0 Å². The van der Waals surface area contributed by atoms with Crippen molar-refractivity contribution < 1.29 is 17.9 Å². The summed E-state index contributed by atoms with van der Waals surface area (Å²) in [6, 6.07) is 20.4. The van der Waals surface area contributed by atoms with Gasteiger partial charge in [-0.25, -0.2) is 8.42 Å². The number of aryl methyl sites for hydroxylation is 1. The van der Waals surface area contributed by atoms with E-state index in [-0.39, 0.29) is 22.4 Å². The molecule has 31 heavy (non-hydrogen) atoms. The molecule has 2 N–H and O–H groups in total. The van der Waals surface area contributed by atoms with Crippen LogP contribution in [0.3, 0.4) is 0 Å². The largest absolute Gasteiger partial charge is 0.497 e. The van der Waals surface area contributed by atoms with Gasteiger partial charge in [0.15, 0.2) is 0 Å². The summed E-state index contributed by atoms with van der Waals surface area (Å²) in [5, 5.41) is 2.98. The van der Waals surface area contributed by atoms with Crippen molar-refractivity contribution in [3.63, 3.8) is 0 Å². The average Bonchev–Trinajstić information content (AvgIpc) is 2.79. The fourth-order valence-corrected chi connectivity index (χ4v) is 4.37. The maximum absolute atomic E-state index is 12.9. The fraction of sp³-hybridized carbons (Fsp3) is 0.208. The van der Waals surface area contributed by atoms with Gasteiger partial charge in [-0.1, -0.05) is 43.3 Å². The number of rotatable bonds is 8. The quantitative estimate of drug-likeness (QED) is 0.535. The smallest absolute Gasteiger partial charge is 0.261 e. The summed E-state index contributed by atoms with van der Waals surface area (Å²) < 4.78 is 33.4. The standard InChI is InChI=1S/C24H26N2O4S/c1-4-22(18-12-14-20(30-3)15-13-18)25-24(27)19-9-7-10-21(16-19)31(28,29)26-23-11-6-5-8-17(23)2/h5-16,22,26H,4H2,1-3H3,(H,25,27). The van der Waals surface area contributed by atoms with Crippen LogP contribution in [0.1, 0.15) is 40.9 Å². The van der Waals surface area contributed by atoms with E-state index in [0.717, 1.165) is 16.9 Å². The number of sulfonamides is 1. The van der Waals surface area contributed by atoms with Gasteiger partial charge in [0, 0.05) is 5.56 Å². The first-order chi connectivity index (χ1) is 14.8. The number of methoxy groups -OCH3 is 1. The van der Waals surface area contributed by atoms with Gasteiger partial charge in [-0.3, -0.25) is 9.52 Å². The topological polar surface area (TPSA) is 84.5 Å². The molecule has 0 aliphatic heterocycles. The minimum atomic E-state index is -3.83. The molecule has 3 rings (SSSR count). The summed E-state index contributed by atoms with van der Waals surface area (Å²) in [5.74, 6) is 0.402. The zero-order valence-electron chi connectivity index (χ0n) is 17.8. The summed E-state index contributed by atoms with van der Waals surface area (Å²) >= 11 is 0. The van der Waals surface area contributed by atoms with E-state index in [1.165, 1.54) is 12.1 Å². The molecule has 3 aromatic carbocycles. The number of carbonyl (C=O) groups is 1. The Hall–Kier alpha value is -3.32. The highest BCUT2D eigenvalue weighted by Gasteiger charge is 2.19. The van der Waals surface area contributed by atoms with Gasteiger partial charge in [0.2, 0.25) is 0 Å². The molecular formula is C24H26N2O4S. The number of amides is 1. The Bertz CT molecular complexity index is 1160. The van der Waals surface area contributed by atoms with Crippen molar-refractivity contribution in [2.24, 2.45) is 0 Å². The van der Waals surface area contributed by atoms with Crippen LogP contribution in [0.15, 0.2) is 77.7 Å². The zero-order valence-corrected chi connectivity index (χ0v) is 18.6. The van der Waals surface area contributed by atoms with Crippen LogP contribution in [0.25, 0.3) is 0 Å². The van der Waals surface area contributed by atoms with E-state index >= 15 is 0 Å². The third-order valence-electron chi connectivity index (χ3n) is 5.03. The number of ether oxygens (including phenoxy) is 1. The van der Waals surface area contributed by atoms with Crippen molar-refractivity contribution in [3.8, 4) is 5.75 Å². The van der Waals surface area contributed by atoms with E-state index in [9.17, 15) is 13.2 Å². The molecule has 0 aliphatic carbocycles. The van der Waals surface area contributed by atoms with Crippen LogP contribution in [0.2, 0.25) is 0 Å². The number of hydrogen-bond donors (Lipinski definition) is 2. The van der Waals surface area contributed by atoms with Gasteiger partial charge in [-0.15, -0.1) is 0 Å². The predicted octanol–water partition coefficient (Wildman–Crippen LogP) is 4.69. The molecule has 0 saturated heterocycles. The lowest BCUT2D eigenvalue weighted by Crippen LogP contribution is -2.28. The van der Waals surface area contributed by atoms with Gasteiger partial charge in [-0.05, 0) is 60.9 Å². The van der Waals surface area contributed by atoms with Gasteiger partial charge in [0.05, 0.1) is 23.7 Å². The van der Waals surface area contributed by atoms with E-state index in [2.05, 4.69) is 10.0 Å². The van der Waals surface area contributed by atoms with Crippen LogP contribution in [0.4, 0.5) is 5.69 Å². The predicted molar refractivity (Wildman–Crippen MR) is 122 cm³/mol. The Labute approximate surface area is 183 Å². The van der Waals surface area contributed by atoms with Gasteiger partial charge >= 0.3 is 0 Å². The van der Waals surface area contributed by atoms with Crippen molar-refractivity contribution in [3.05, 3.63) is 89.5 Å². The first-order valence-corrected chi connectivity index (χ1v) is 11.5. The molecule has 162 valence electrons. The molecule has 0 heterocycles. The Morgan fingerprint density at radius 1 is 1.00 bits per heavy atom. The van der Waals surface area contributed by atoms with Crippen molar-refractivity contribution in [2.45, 2.75) is 31.2 Å². The number of benzene rings is 3. The first kappa shape index (κ1) is 22.4. The van der Waals surface area contributed by atoms with Crippen LogP contribution in [0.5, 0.6) is 5.75 Å². The number of hydrogen-bond acceptors (Lipinski definition) is 4. The summed E-state index contributed by atoms with van der Waals surface area (Å²) in [6.07, 6.45) is 0.685. The molecule has 0 fully saturated rings. The van der Waals surface area contributed by atoms with Gasteiger partial charge in [0.1, 0.15) is 5.75 Å². The summed E-state index contributed by atoms with van der Waals surface area (Å²) in [4.78, 5) is 12.9. The monoisotopic (exact) mass is 438 g/mol. The van der Waals surface area contributed by atoms with E-state index in [1.54, 1.807) is 31.4 Å². The molecule has 1 atom stereocenters. The maximum Gasteiger partial charge on any atom is 0.261 e. The lowest BCUT2D eigenvalue weighted by atomic mass is 10.0. The molecule has 0 spiro atoms. The Kier molecular flexibility index (Phi) is 6.97. The van der Waals surface area contributed by atoms with E-state index in [0.29, 0.717) is 12.1 Å². The van der Waals surface area contributed by atoms with Crippen molar-refractivity contribution in [1.29, 1.82) is 0 Å². The second-order valence-corrected chi connectivity index (χ2v) is 8.84. The Morgan fingerprint density at radius 2 is 1.71 bits per heavy atom. The van der Waals surface area contributed by atoms with Crippen molar-refractivity contribution >= 4 is 21.6 Å². The average molecular weight is 439 g/mol. The lowest BCUT2D eigenvalue weighted by Gasteiger charge is -2.18. The molecule has 0 aliphatic rings. The second-order valence-electron chi connectivity index (χ2n) is 7.16.